The van der Waals surface area contributed by atoms with Crippen LogP contribution >= 0.6 is 33.3 Å². The van der Waals surface area contributed by atoms with Gasteiger partial charge in [0.2, 0.25) is 11.7 Å². The van der Waals surface area contributed by atoms with Crippen LogP contribution in [0.25, 0.3) is 11.0 Å². The van der Waals surface area contributed by atoms with Gasteiger partial charge in [-0.3, -0.25) is 4.79 Å². The molecular formula is C16H10Cl2N4OS. The van der Waals surface area contributed by atoms with Crippen LogP contribution in [0.1, 0.15) is 11.4 Å². The zero-order chi connectivity index (χ0) is 17.1. The van der Waals surface area contributed by atoms with E-state index in [0.29, 0.717) is 26.6 Å². The van der Waals surface area contributed by atoms with E-state index in [0.717, 1.165) is 16.5 Å². The van der Waals surface area contributed by atoms with E-state index in [-0.39, 0.29) is 18.2 Å². The summed E-state index contributed by atoms with van der Waals surface area (Å²) in [7, 11) is 6.84. The molecule has 0 aliphatic heterocycles. The second kappa shape index (κ2) is 7.14. The maximum atomic E-state index is 12.2. The fourth-order valence-electron chi connectivity index (χ4n) is 2.29. The highest BCUT2D eigenvalue weighted by Crippen LogP contribution is 2.32. The molecule has 0 spiro atoms. The van der Waals surface area contributed by atoms with Crippen molar-refractivity contribution in [3.05, 3.63) is 52.8 Å². The summed E-state index contributed by atoms with van der Waals surface area (Å²) in [6.45, 7) is 0. The lowest BCUT2D eigenvalue weighted by Gasteiger charge is -2.08. The van der Waals surface area contributed by atoms with Crippen LogP contribution in [0.2, 0.25) is 5.02 Å². The van der Waals surface area contributed by atoms with E-state index in [2.05, 4.69) is 15.3 Å². The first-order valence-corrected chi connectivity index (χ1v) is 8.88. The average molecular weight is 377 g/mol. The van der Waals surface area contributed by atoms with E-state index < -0.39 is 0 Å². The van der Waals surface area contributed by atoms with Crippen molar-refractivity contribution < 1.29 is 4.79 Å². The molecule has 2 N–H and O–H groups in total. The summed E-state index contributed by atoms with van der Waals surface area (Å²) in [6, 6.07) is 12.6. The van der Waals surface area contributed by atoms with Gasteiger partial charge in [-0.15, -0.1) is 0 Å². The minimum Gasteiger partial charge on any atom is -0.329 e. The van der Waals surface area contributed by atoms with Crippen molar-refractivity contribution in [3.8, 4) is 6.07 Å². The van der Waals surface area contributed by atoms with E-state index in [1.807, 2.05) is 18.2 Å². The Morgan fingerprint density at radius 2 is 2.17 bits per heavy atom. The summed E-state index contributed by atoms with van der Waals surface area (Å²) >= 11 is 6.07. The van der Waals surface area contributed by atoms with E-state index in [9.17, 15) is 4.79 Å². The Balaban J connectivity index is 1.86. The number of nitrogens with zero attached hydrogens (tertiary/aromatic N) is 2. The second-order valence-electron chi connectivity index (χ2n) is 4.96. The normalized spacial score (nSPS) is 10.5. The van der Waals surface area contributed by atoms with E-state index in [1.165, 1.54) is 0 Å². The number of hydrogen-bond acceptors (Lipinski definition) is 4. The van der Waals surface area contributed by atoms with Gasteiger partial charge in [0.25, 0.3) is 0 Å². The molecule has 0 unspecified atom stereocenters. The van der Waals surface area contributed by atoms with Crippen molar-refractivity contribution in [2.45, 2.75) is 11.3 Å². The number of nitrogens with one attached hydrogen (secondary N) is 2. The number of carbonyl (C=O) groups is 1. The molecule has 0 bridgehead atoms. The first kappa shape index (κ1) is 16.7. The van der Waals surface area contributed by atoms with Crippen LogP contribution in [0, 0.1) is 11.3 Å². The number of aromatic amines is 1. The van der Waals surface area contributed by atoms with Crippen LogP contribution in [0.4, 0.5) is 5.69 Å². The molecule has 0 saturated heterocycles. The van der Waals surface area contributed by atoms with E-state index in [4.69, 9.17) is 27.5 Å². The number of carbonyl (C=O) groups excluding carboxylic acids is 1. The third-order valence-electron chi connectivity index (χ3n) is 3.33. The number of nitriles is 1. The van der Waals surface area contributed by atoms with Gasteiger partial charge in [-0.2, -0.15) is 5.26 Å². The molecule has 3 rings (SSSR count). The van der Waals surface area contributed by atoms with Crippen molar-refractivity contribution in [1.82, 2.24) is 9.97 Å². The van der Waals surface area contributed by atoms with E-state index >= 15 is 0 Å². The third kappa shape index (κ3) is 3.49. The molecule has 1 aromatic heterocycles. The average Bonchev–Trinajstić information content (AvgIpc) is 2.99. The predicted molar refractivity (Wildman–Crippen MR) is 96.3 cm³/mol. The highest BCUT2D eigenvalue weighted by atomic mass is 35.7. The van der Waals surface area contributed by atoms with Gasteiger partial charge >= 0.3 is 0 Å². The Hall–Kier alpha value is -2.20. The molecule has 5 nitrogen and oxygen atoms in total. The zero-order valence-corrected chi connectivity index (χ0v) is 14.5. The maximum Gasteiger partial charge on any atom is 0.228 e. The van der Waals surface area contributed by atoms with Gasteiger partial charge in [0.05, 0.1) is 16.8 Å². The summed E-state index contributed by atoms with van der Waals surface area (Å²) in [5.74, 6) is -0.00972. The molecule has 0 fully saturated rings. The molecule has 8 heteroatoms. The van der Waals surface area contributed by atoms with Crippen LogP contribution in [0.15, 0.2) is 41.3 Å². The molecule has 1 amide bonds. The molecule has 0 atom stereocenters. The summed E-state index contributed by atoms with van der Waals surface area (Å²) in [5.41, 5.74) is 2.54. The quantitative estimate of drug-likeness (QED) is 0.701. The van der Waals surface area contributed by atoms with Gasteiger partial charge in [0.15, 0.2) is 0 Å². The molecule has 1 heterocycles. The SMILES string of the molecule is N#Cc1nc2c(SCl)cc(NC(=O)Cc3ccccc3Cl)cc2[nH]1. The summed E-state index contributed by atoms with van der Waals surface area (Å²) in [4.78, 5) is 19.9. The molecular weight excluding hydrogens is 367 g/mol. The topological polar surface area (TPSA) is 81.6 Å². The highest BCUT2D eigenvalue weighted by Gasteiger charge is 2.12. The minimum atomic E-state index is -0.201. The smallest absolute Gasteiger partial charge is 0.228 e. The molecule has 0 radical (unpaired) electrons. The van der Waals surface area contributed by atoms with Gasteiger partial charge < -0.3 is 10.3 Å². The number of anilines is 1. The number of imidazole rings is 1. The Morgan fingerprint density at radius 3 is 2.88 bits per heavy atom. The van der Waals surface area contributed by atoms with Crippen LogP contribution < -0.4 is 5.32 Å². The lowest BCUT2D eigenvalue weighted by Crippen LogP contribution is -2.14. The molecule has 3 aromatic rings. The standard InChI is InChI=1S/C16H10Cl2N4OS/c17-11-4-2-1-3-9(11)5-15(23)20-10-6-12-16(13(7-10)24-18)22-14(8-19)21-12/h1-4,6-7H,5H2,(H,20,23)(H,21,22). The number of amides is 1. The van der Waals surface area contributed by atoms with Crippen molar-refractivity contribution >= 4 is 55.9 Å². The van der Waals surface area contributed by atoms with Crippen molar-refractivity contribution in [3.63, 3.8) is 0 Å². The Labute approximate surface area is 151 Å². The number of halogens is 2. The van der Waals surface area contributed by atoms with Gasteiger partial charge in [-0.05, 0) is 45.4 Å². The first-order chi connectivity index (χ1) is 11.6. The van der Waals surface area contributed by atoms with Crippen LogP contribution in [0.3, 0.4) is 0 Å². The summed E-state index contributed by atoms with van der Waals surface area (Å²) in [5, 5.41) is 12.3. The van der Waals surface area contributed by atoms with Crippen molar-refractivity contribution in [1.29, 1.82) is 5.26 Å². The number of aromatic nitrogens is 2. The maximum absolute atomic E-state index is 12.2. The van der Waals surface area contributed by atoms with Crippen LogP contribution in [0.5, 0.6) is 0 Å². The van der Waals surface area contributed by atoms with Crippen molar-refractivity contribution in [2.75, 3.05) is 5.32 Å². The largest absolute Gasteiger partial charge is 0.329 e. The monoisotopic (exact) mass is 376 g/mol. The molecule has 0 aliphatic carbocycles. The summed E-state index contributed by atoms with van der Waals surface area (Å²) in [6.07, 6.45) is 0.160. The lowest BCUT2D eigenvalue weighted by atomic mass is 10.1. The lowest BCUT2D eigenvalue weighted by molar-refractivity contribution is -0.115. The first-order valence-electron chi connectivity index (χ1n) is 6.86. The number of hydrogen-bond donors (Lipinski definition) is 2. The number of fused-ring (bicyclic) bond motifs is 1. The predicted octanol–water partition coefficient (Wildman–Crippen LogP) is 4.52. The van der Waals surface area contributed by atoms with E-state index in [1.54, 1.807) is 24.3 Å². The summed E-state index contributed by atoms with van der Waals surface area (Å²) < 4.78 is 0. The van der Waals surface area contributed by atoms with Gasteiger partial charge in [-0.25, -0.2) is 4.98 Å². The fourth-order valence-corrected chi connectivity index (χ4v) is 3.25. The van der Waals surface area contributed by atoms with Gasteiger partial charge in [-0.1, -0.05) is 29.8 Å². The molecule has 2 aromatic carbocycles. The number of rotatable bonds is 4. The Bertz CT molecular complexity index is 964. The highest BCUT2D eigenvalue weighted by molar-refractivity contribution is 8.21. The van der Waals surface area contributed by atoms with Crippen molar-refractivity contribution in [2.24, 2.45) is 0 Å². The van der Waals surface area contributed by atoms with Crippen LogP contribution in [-0.4, -0.2) is 15.9 Å². The second-order valence-corrected chi connectivity index (χ2v) is 6.43. The molecule has 0 saturated carbocycles. The molecule has 120 valence electrons. The third-order valence-corrected chi connectivity index (χ3v) is 4.68. The van der Waals surface area contributed by atoms with Gasteiger partial charge in [0.1, 0.15) is 11.6 Å². The minimum absolute atomic E-state index is 0.160. The fraction of sp³-hybridized carbons (Fsp3) is 0.0625. The number of benzene rings is 2. The molecule has 24 heavy (non-hydrogen) atoms. The zero-order valence-electron chi connectivity index (χ0n) is 12.1. The Morgan fingerprint density at radius 1 is 1.38 bits per heavy atom. The molecule has 0 aliphatic rings. The van der Waals surface area contributed by atoms with Crippen LogP contribution in [-0.2, 0) is 11.2 Å². The van der Waals surface area contributed by atoms with Gasteiger partial charge in [0, 0.05) is 10.7 Å². The Kier molecular flexibility index (Phi) is 4.95. The number of H-pyrrole nitrogens is 1.